The van der Waals surface area contributed by atoms with Crippen molar-refractivity contribution >= 4 is 22.0 Å². The van der Waals surface area contributed by atoms with Crippen LogP contribution in [0.5, 0.6) is 0 Å². The molecule has 1 saturated heterocycles. The Kier molecular flexibility index (Phi) is 6.02. The van der Waals surface area contributed by atoms with Gasteiger partial charge >= 0.3 is 6.03 Å². The number of carbonyl (C=O) groups is 2. The number of urea groups is 1. The number of carbonyl (C=O) groups excluding carboxylic acids is 2. The van der Waals surface area contributed by atoms with Crippen LogP contribution in [0, 0.1) is 5.92 Å². The number of amides is 3. The molecule has 0 radical (unpaired) electrons. The first-order valence-electron chi connectivity index (χ1n) is 8.04. The van der Waals surface area contributed by atoms with Gasteiger partial charge in [-0.05, 0) is 30.5 Å². The zero-order valence-corrected chi connectivity index (χ0v) is 15.3. The first kappa shape index (κ1) is 19.2. The number of sulfonamides is 1. The molecule has 1 fully saturated rings. The predicted octanol–water partition coefficient (Wildman–Crippen LogP) is 0.344. The molecule has 3 N–H and O–H groups in total. The van der Waals surface area contributed by atoms with E-state index < -0.39 is 10.0 Å². The molecule has 1 aromatic rings. The highest BCUT2D eigenvalue weighted by Crippen LogP contribution is 2.18. The van der Waals surface area contributed by atoms with Crippen LogP contribution in [0.3, 0.4) is 0 Å². The van der Waals surface area contributed by atoms with Gasteiger partial charge in [-0.25, -0.2) is 18.4 Å². The lowest BCUT2D eigenvalue weighted by atomic mass is 9.97. The van der Waals surface area contributed by atoms with E-state index in [9.17, 15) is 18.0 Å². The van der Waals surface area contributed by atoms with Crippen LogP contribution in [0.25, 0.3) is 0 Å². The standard InChI is InChI=1S/C16H24N4O4S/c1-19(2)16(22)20-9-3-4-13(11-20)15(21)18-10-12-5-7-14(8-6-12)25(17,23)24/h5-8,13H,3-4,9-11H2,1-2H3,(H,18,21)(H2,17,23,24)/t13-/m1/s1. The van der Waals surface area contributed by atoms with Gasteiger partial charge in [0, 0.05) is 33.7 Å². The van der Waals surface area contributed by atoms with Crippen LogP contribution in [-0.4, -0.2) is 57.3 Å². The monoisotopic (exact) mass is 368 g/mol. The molecule has 1 aromatic carbocycles. The number of likely N-dealkylation sites (tertiary alicyclic amines) is 1. The quantitative estimate of drug-likeness (QED) is 0.798. The summed E-state index contributed by atoms with van der Waals surface area (Å²) in [5, 5.41) is 7.90. The largest absolute Gasteiger partial charge is 0.352 e. The van der Waals surface area contributed by atoms with Crippen LogP contribution >= 0.6 is 0 Å². The Labute approximate surface area is 148 Å². The Morgan fingerprint density at radius 1 is 1.28 bits per heavy atom. The number of nitrogens with one attached hydrogen (secondary N) is 1. The second-order valence-corrected chi connectivity index (χ2v) is 7.93. The first-order valence-corrected chi connectivity index (χ1v) is 9.59. The van der Waals surface area contributed by atoms with E-state index >= 15 is 0 Å². The van der Waals surface area contributed by atoms with E-state index in [0.29, 0.717) is 19.6 Å². The maximum absolute atomic E-state index is 12.4. The van der Waals surface area contributed by atoms with Crippen LogP contribution in [0.15, 0.2) is 29.2 Å². The van der Waals surface area contributed by atoms with Crippen molar-refractivity contribution in [2.24, 2.45) is 11.1 Å². The van der Waals surface area contributed by atoms with E-state index in [1.807, 2.05) is 0 Å². The summed E-state index contributed by atoms with van der Waals surface area (Å²) in [5.74, 6) is -0.340. The van der Waals surface area contributed by atoms with Crippen molar-refractivity contribution in [1.82, 2.24) is 15.1 Å². The van der Waals surface area contributed by atoms with E-state index in [0.717, 1.165) is 18.4 Å². The molecule has 0 aliphatic carbocycles. The minimum Gasteiger partial charge on any atom is -0.352 e. The summed E-state index contributed by atoms with van der Waals surface area (Å²) in [7, 11) is -0.335. The summed E-state index contributed by atoms with van der Waals surface area (Å²) in [5.41, 5.74) is 0.776. The van der Waals surface area contributed by atoms with Crippen molar-refractivity contribution in [2.75, 3.05) is 27.2 Å². The Hall–Kier alpha value is -2.13. The highest BCUT2D eigenvalue weighted by atomic mass is 32.2. The summed E-state index contributed by atoms with van der Waals surface area (Å²) >= 11 is 0. The molecule has 8 nitrogen and oxygen atoms in total. The molecule has 2 rings (SSSR count). The fourth-order valence-electron chi connectivity index (χ4n) is 2.78. The van der Waals surface area contributed by atoms with Gasteiger partial charge < -0.3 is 15.1 Å². The molecule has 0 aromatic heterocycles. The van der Waals surface area contributed by atoms with Gasteiger partial charge in [0.2, 0.25) is 15.9 Å². The van der Waals surface area contributed by atoms with E-state index in [2.05, 4.69) is 5.32 Å². The van der Waals surface area contributed by atoms with Gasteiger partial charge in [-0.3, -0.25) is 4.79 Å². The van der Waals surface area contributed by atoms with Gasteiger partial charge in [-0.15, -0.1) is 0 Å². The number of hydrogen-bond acceptors (Lipinski definition) is 4. The average Bonchev–Trinajstić information content (AvgIpc) is 2.58. The predicted molar refractivity (Wildman–Crippen MR) is 93.0 cm³/mol. The Morgan fingerprint density at radius 2 is 1.92 bits per heavy atom. The van der Waals surface area contributed by atoms with Crippen LogP contribution < -0.4 is 10.5 Å². The third-order valence-electron chi connectivity index (χ3n) is 4.16. The fraction of sp³-hybridized carbons (Fsp3) is 0.500. The van der Waals surface area contributed by atoms with Crippen LogP contribution in [0.2, 0.25) is 0 Å². The van der Waals surface area contributed by atoms with Crippen molar-refractivity contribution in [3.05, 3.63) is 29.8 Å². The van der Waals surface area contributed by atoms with Gasteiger partial charge in [0.1, 0.15) is 0 Å². The van der Waals surface area contributed by atoms with Crippen LogP contribution in [0.4, 0.5) is 4.79 Å². The van der Waals surface area contributed by atoms with Gasteiger partial charge in [0.15, 0.2) is 0 Å². The number of rotatable bonds is 4. The van der Waals surface area contributed by atoms with Crippen molar-refractivity contribution in [1.29, 1.82) is 0 Å². The normalized spacial score (nSPS) is 17.9. The molecule has 1 aliphatic heterocycles. The average molecular weight is 368 g/mol. The topological polar surface area (TPSA) is 113 Å². The summed E-state index contributed by atoms with van der Waals surface area (Å²) < 4.78 is 22.4. The molecule has 1 atom stereocenters. The van der Waals surface area contributed by atoms with Crippen molar-refractivity contribution in [3.8, 4) is 0 Å². The number of primary sulfonamides is 1. The Morgan fingerprint density at radius 3 is 2.48 bits per heavy atom. The molecule has 138 valence electrons. The molecule has 1 heterocycles. The smallest absolute Gasteiger partial charge is 0.319 e. The highest BCUT2D eigenvalue weighted by Gasteiger charge is 2.28. The molecule has 25 heavy (non-hydrogen) atoms. The maximum atomic E-state index is 12.4. The minimum atomic E-state index is -3.72. The third-order valence-corrected chi connectivity index (χ3v) is 5.09. The van der Waals surface area contributed by atoms with Crippen molar-refractivity contribution in [2.45, 2.75) is 24.3 Å². The number of piperidine rings is 1. The third kappa shape index (κ3) is 5.17. The molecule has 0 unspecified atom stereocenters. The molecule has 0 saturated carbocycles. The fourth-order valence-corrected chi connectivity index (χ4v) is 3.29. The second kappa shape index (κ2) is 7.83. The van der Waals surface area contributed by atoms with Gasteiger partial charge in [-0.1, -0.05) is 12.1 Å². The van der Waals surface area contributed by atoms with Crippen molar-refractivity contribution in [3.63, 3.8) is 0 Å². The summed E-state index contributed by atoms with van der Waals surface area (Å²) in [6.45, 7) is 1.37. The number of nitrogens with two attached hydrogens (primary N) is 1. The molecule has 3 amide bonds. The summed E-state index contributed by atoms with van der Waals surface area (Å²) in [6, 6.07) is 5.96. The van der Waals surface area contributed by atoms with Crippen LogP contribution in [-0.2, 0) is 21.4 Å². The van der Waals surface area contributed by atoms with Crippen molar-refractivity contribution < 1.29 is 18.0 Å². The highest BCUT2D eigenvalue weighted by molar-refractivity contribution is 7.89. The summed E-state index contributed by atoms with van der Waals surface area (Å²) in [4.78, 5) is 27.6. The Bertz CT molecular complexity index is 731. The first-order chi connectivity index (χ1) is 11.7. The number of nitrogens with zero attached hydrogens (tertiary/aromatic N) is 2. The lowest BCUT2D eigenvalue weighted by Crippen LogP contribution is -2.48. The number of benzene rings is 1. The molecule has 9 heteroatoms. The maximum Gasteiger partial charge on any atom is 0.319 e. The SMILES string of the molecule is CN(C)C(=O)N1CCC[C@@H](C(=O)NCc2ccc(S(N)(=O)=O)cc2)C1. The Balaban J connectivity index is 1.90. The molecule has 0 bridgehead atoms. The molecular weight excluding hydrogens is 344 g/mol. The second-order valence-electron chi connectivity index (χ2n) is 6.37. The van der Waals surface area contributed by atoms with Gasteiger partial charge in [0.25, 0.3) is 0 Å². The van der Waals surface area contributed by atoms with Gasteiger partial charge in [0.05, 0.1) is 10.8 Å². The summed E-state index contributed by atoms with van der Waals surface area (Å²) in [6.07, 6.45) is 1.54. The molecule has 0 spiro atoms. The van der Waals surface area contributed by atoms with Crippen LogP contribution in [0.1, 0.15) is 18.4 Å². The lowest BCUT2D eigenvalue weighted by Gasteiger charge is -2.33. The van der Waals surface area contributed by atoms with E-state index in [4.69, 9.17) is 5.14 Å². The zero-order valence-electron chi connectivity index (χ0n) is 14.4. The molecule has 1 aliphatic rings. The molecular formula is C16H24N4O4S. The zero-order chi connectivity index (χ0) is 18.6. The van der Waals surface area contributed by atoms with E-state index in [1.54, 1.807) is 31.1 Å². The van der Waals surface area contributed by atoms with E-state index in [1.165, 1.54) is 17.0 Å². The minimum absolute atomic E-state index is 0.0349. The lowest BCUT2D eigenvalue weighted by molar-refractivity contribution is -0.126. The number of hydrogen-bond donors (Lipinski definition) is 2. The van der Waals surface area contributed by atoms with Gasteiger partial charge in [-0.2, -0.15) is 0 Å². The van der Waals surface area contributed by atoms with E-state index in [-0.39, 0.29) is 22.8 Å².